The second-order valence-corrected chi connectivity index (χ2v) is 4.90. The largest absolute Gasteiger partial charge is 0.573 e. The van der Waals surface area contributed by atoms with E-state index in [0.717, 1.165) is 18.9 Å². The minimum atomic E-state index is -4.85. The SMILES string of the molecule is N#CC1(C(=O)Nc2ccccc2OC(F)(F)F)CCCC1. The van der Waals surface area contributed by atoms with Gasteiger partial charge in [0, 0.05) is 0 Å². The molecule has 112 valence electrons. The summed E-state index contributed by atoms with van der Waals surface area (Å²) in [5, 5.41) is 11.6. The number of alkyl halides is 3. The maximum absolute atomic E-state index is 12.3. The summed E-state index contributed by atoms with van der Waals surface area (Å²) in [6, 6.07) is 7.25. The summed E-state index contributed by atoms with van der Waals surface area (Å²) >= 11 is 0. The van der Waals surface area contributed by atoms with E-state index in [1.807, 2.05) is 6.07 Å². The van der Waals surface area contributed by atoms with E-state index in [0.29, 0.717) is 12.8 Å². The number of nitriles is 1. The fourth-order valence-electron chi connectivity index (χ4n) is 2.39. The molecule has 0 bridgehead atoms. The molecule has 1 N–H and O–H groups in total. The molecule has 1 aromatic rings. The van der Waals surface area contributed by atoms with Crippen molar-refractivity contribution in [3.8, 4) is 11.8 Å². The molecule has 0 heterocycles. The number of benzene rings is 1. The number of hydrogen-bond donors (Lipinski definition) is 1. The van der Waals surface area contributed by atoms with Crippen LogP contribution in [0.25, 0.3) is 0 Å². The molecular formula is C14H13F3N2O2. The summed E-state index contributed by atoms with van der Waals surface area (Å²) in [5.74, 6) is -1.08. The average Bonchev–Trinajstić information content (AvgIpc) is 2.89. The predicted molar refractivity (Wildman–Crippen MR) is 68.3 cm³/mol. The molecule has 4 nitrogen and oxygen atoms in total. The highest BCUT2D eigenvalue weighted by Gasteiger charge is 2.42. The minimum Gasteiger partial charge on any atom is -0.404 e. The number of nitrogens with one attached hydrogen (secondary N) is 1. The number of carbonyl (C=O) groups excluding carboxylic acids is 1. The number of amides is 1. The van der Waals surface area contributed by atoms with Crippen molar-refractivity contribution < 1.29 is 22.7 Å². The molecule has 1 amide bonds. The van der Waals surface area contributed by atoms with Crippen LogP contribution in [-0.2, 0) is 4.79 Å². The molecule has 1 aliphatic carbocycles. The number of nitrogens with zero attached hydrogens (tertiary/aromatic N) is 1. The van der Waals surface area contributed by atoms with Gasteiger partial charge >= 0.3 is 6.36 Å². The zero-order chi connectivity index (χ0) is 15.5. The van der Waals surface area contributed by atoms with Gasteiger partial charge in [0.15, 0.2) is 5.75 Å². The summed E-state index contributed by atoms with van der Waals surface area (Å²) in [4.78, 5) is 12.2. The molecule has 21 heavy (non-hydrogen) atoms. The zero-order valence-corrected chi connectivity index (χ0v) is 11.0. The average molecular weight is 298 g/mol. The summed E-state index contributed by atoms with van der Waals surface area (Å²) in [6.45, 7) is 0. The molecule has 0 aliphatic heterocycles. The van der Waals surface area contributed by atoms with Crippen molar-refractivity contribution in [3.05, 3.63) is 24.3 Å². The molecule has 0 atom stereocenters. The third-order valence-electron chi connectivity index (χ3n) is 3.47. The van der Waals surface area contributed by atoms with Crippen LogP contribution in [0.5, 0.6) is 5.75 Å². The van der Waals surface area contributed by atoms with Crippen molar-refractivity contribution in [1.82, 2.24) is 0 Å². The van der Waals surface area contributed by atoms with Gasteiger partial charge in [0.2, 0.25) is 5.91 Å². The van der Waals surface area contributed by atoms with Crippen molar-refractivity contribution in [1.29, 1.82) is 5.26 Å². The van der Waals surface area contributed by atoms with E-state index in [1.165, 1.54) is 18.2 Å². The topological polar surface area (TPSA) is 62.1 Å². The fraction of sp³-hybridized carbons (Fsp3) is 0.429. The molecule has 1 fully saturated rings. The molecule has 0 spiro atoms. The highest BCUT2D eigenvalue weighted by atomic mass is 19.4. The van der Waals surface area contributed by atoms with E-state index >= 15 is 0 Å². The van der Waals surface area contributed by atoms with E-state index in [-0.39, 0.29) is 5.69 Å². The molecule has 0 unspecified atom stereocenters. The van der Waals surface area contributed by atoms with Crippen LogP contribution in [0.15, 0.2) is 24.3 Å². The lowest BCUT2D eigenvalue weighted by molar-refractivity contribution is -0.274. The summed E-state index contributed by atoms with van der Waals surface area (Å²) in [7, 11) is 0. The Morgan fingerprint density at radius 2 is 1.90 bits per heavy atom. The Kier molecular flexibility index (Phi) is 4.07. The molecule has 1 saturated carbocycles. The Labute approximate surface area is 119 Å². The number of ether oxygens (including phenoxy) is 1. The van der Waals surface area contributed by atoms with Gasteiger partial charge < -0.3 is 10.1 Å². The predicted octanol–water partition coefficient (Wildman–Crippen LogP) is 3.61. The standard InChI is InChI=1S/C14H13F3N2O2/c15-14(16,17)21-11-6-2-1-5-10(11)19-12(20)13(9-18)7-3-4-8-13/h1-2,5-6H,3-4,7-8H2,(H,19,20). The Bertz CT molecular complexity index is 572. The second kappa shape index (κ2) is 5.64. The Morgan fingerprint density at radius 1 is 1.29 bits per heavy atom. The van der Waals surface area contributed by atoms with Gasteiger partial charge in [0.25, 0.3) is 0 Å². The zero-order valence-electron chi connectivity index (χ0n) is 11.0. The second-order valence-electron chi connectivity index (χ2n) is 4.90. The lowest BCUT2D eigenvalue weighted by Crippen LogP contribution is -2.32. The molecule has 0 radical (unpaired) electrons. The molecule has 1 aromatic carbocycles. The van der Waals surface area contributed by atoms with Crippen LogP contribution in [0.2, 0.25) is 0 Å². The number of para-hydroxylation sites is 2. The quantitative estimate of drug-likeness (QED) is 0.927. The lowest BCUT2D eigenvalue weighted by atomic mass is 9.87. The number of carbonyl (C=O) groups is 1. The third-order valence-corrected chi connectivity index (χ3v) is 3.47. The normalized spacial score (nSPS) is 17.0. The Morgan fingerprint density at radius 3 is 2.48 bits per heavy atom. The van der Waals surface area contributed by atoms with Gasteiger partial charge in [0.1, 0.15) is 5.41 Å². The van der Waals surface area contributed by atoms with Crippen LogP contribution in [0.4, 0.5) is 18.9 Å². The third kappa shape index (κ3) is 3.45. The van der Waals surface area contributed by atoms with Crippen LogP contribution in [0.1, 0.15) is 25.7 Å². The van der Waals surface area contributed by atoms with Gasteiger partial charge in [-0.3, -0.25) is 4.79 Å². The van der Waals surface area contributed by atoms with Crippen LogP contribution < -0.4 is 10.1 Å². The van der Waals surface area contributed by atoms with Gasteiger partial charge in [-0.2, -0.15) is 5.26 Å². The van der Waals surface area contributed by atoms with Crippen molar-refractivity contribution in [2.24, 2.45) is 5.41 Å². The maximum Gasteiger partial charge on any atom is 0.573 e. The molecule has 0 saturated heterocycles. The smallest absolute Gasteiger partial charge is 0.404 e. The number of anilines is 1. The van der Waals surface area contributed by atoms with Crippen LogP contribution in [0, 0.1) is 16.7 Å². The molecule has 0 aromatic heterocycles. The van der Waals surface area contributed by atoms with E-state index < -0.39 is 23.4 Å². The van der Waals surface area contributed by atoms with Gasteiger partial charge in [-0.25, -0.2) is 0 Å². The van der Waals surface area contributed by atoms with Crippen molar-refractivity contribution in [2.45, 2.75) is 32.0 Å². The molecular weight excluding hydrogens is 285 g/mol. The van der Waals surface area contributed by atoms with E-state index in [1.54, 1.807) is 0 Å². The number of rotatable bonds is 3. The van der Waals surface area contributed by atoms with Crippen LogP contribution >= 0.6 is 0 Å². The first-order chi connectivity index (χ1) is 9.86. The number of hydrogen-bond acceptors (Lipinski definition) is 3. The monoisotopic (exact) mass is 298 g/mol. The first kappa shape index (κ1) is 15.2. The highest BCUT2D eigenvalue weighted by molar-refractivity contribution is 5.98. The van der Waals surface area contributed by atoms with Gasteiger partial charge in [-0.1, -0.05) is 25.0 Å². The summed E-state index contributed by atoms with van der Waals surface area (Å²) in [5.41, 5.74) is -1.26. The van der Waals surface area contributed by atoms with E-state index in [4.69, 9.17) is 0 Å². The number of halogens is 3. The Balaban J connectivity index is 2.20. The summed E-state index contributed by atoms with van der Waals surface area (Å²) in [6.07, 6.45) is -2.51. The molecule has 7 heteroatoms. The molecule has 2 rings (SSSR count). The first-order valence-corrected chi connectivity index (χ1v) is 6.44. The highest BCUT2D eigenvalue weighted by Crippen LogP contribution is 2.39. The first-order valence-electron chi connectivity index (χ1n) is 6.44. The van der Waals surface area contributed by atoms with Gasteiger partial charge in [0.05, 0.1) is 11.8 Å². The van der Waals surface area contributed by atoms with Gasteiger partial charge in [-0.05, 0) is 25.0 Å². The molecule has 1 aliphatic rings. The summed E-state index contributed by atoms with van der Waals surface area (Å²) < 4.78 is 40.8. The van der Waals surface area contributed by atoms with E-state index in [9.17, 15) is 23.2 Å². The van der Waals surface area contributed by atoms with Crippen LogP contribution in [-0.4, -0.2) is 12.3 Å². The minimum absolute atomic E-state index is 0.0960. The van der Waals surface area contributed by atoms with Gasteiger partial charge in [-0.15, -0.1) is 13.2 Å². The fourth-order valence-corrected chi connectivity index (χ4v) is 2.39. The van der Waals surface area contributed by atoms with Crippen molar-refractivity contribution in [2.75, 3.05) is 5.32 Å². The van der Waals surface area contributed by atoms with Crippen LogP contribution in [0.3, 0.4) is 0 Å². The maximum atomic E-state index is 12.3. The Hall–Kier alpha value is -2.23. The van der Waals surface area contributed by atoms with Crippen molar-refractivity contribution in [3.63, 3.8) is 0 Å². The lowest BCUT2D eigenvalue weighted by Gasteiger charge is -2.20. The van der Waals surface area contributed by atoms with E-state index in [2.05, 4.69) is 10.1 Å². The van der Waals surface area contributed by atoms with Crippen molar-refractivity contribution >= 4 is 11.6 Å².